The number of methoxy groups -OCH3 is 1. The van der Waals surface area contributed by atoms with E-state index in [4.69, 9.17) is 4.74 Å². The van der Waals surface area contributed by atoms with E-state index in [1.165, 1.54) is 24.0 Å². The summed E-state index contributed by atoms with van der Waals surface area (Å²) in [7, 11) is 1.73. The number of nitrogens with zero attached hydrogens (tertiary/aromatic N) is 1. The maximum Gasteiger partial charge on any atom is 0.0965 e. The minimum Gasteiger partial charge on any atom is -0.380 e. The summed E-state index contributed by atoms with van der Waals surface area (Å²) in [6, 6.07) is 8.38. The van der Waals surface area contributed by atoms with Crippen molar-refractivity contribution in [2.24, 2.45) is 4.99 Å². The summed E-state index contributed by atoms with van der Waals surface area (Å²) in [5.41, 5.74) is 2.54. The molecule has 1 aromatic carbocycles. The van der Waals surface area contributed by atoms with E-state index in [1.54, 1.807) is 7.11 Å². The molecule has 0 fully saturated rings. The molecule has 1 aliphatic heterocycles. The number of nitrogens with one attached hydrogen (secondary N) is 1. The lowest BCUT2D eigenvalue weighted by atomic mass is 10.1. The molecule has 1 heterocycles. The third kappa shape index (κ3) is 3.56. The van der Waals surface area contributed by atoms with Crippen LogP contribution in [0.4, 0.5) is 0 Å². The molecule has 0 aromatic heterocycles. The van der Waals surface area contributed by atoms with Gasteiger partial charge in [-0.25, -0.2) is 0 Å². The SMILES string of the molecule is COCc1ccccc1CNC1=NCCCC1. The molecule has 0 amide bonds. The Labute approximate surface area is 103 Å². The lowest BCUT2D eigenvalue weighted by Gasteiger charge is -2.15. The van der Waals surface area contributed by atoms with Crippen molar-refractivity contribution in [2.75, 3.05) is 13.7 Å². The van der Waals surface area contributed by atoms with E-state index in [0.717, 1.165) is 25.3 Å². The number of ether oxygens (including phenoxy) is 1. The van der Waals surface area contributed by atoms with Crippen LogP contribution in [-0.4, -0.2) is 19.5 Å². The molecule has 0 unspecified atom stereocenters. The Kier molecular flexibility index (Phi) is 4.56. The minimum atomic E-state index is 0.671. The Morgan fingerprint density at radius 1 is 1.24 bits per heavy atom. The summed E-state index contributed by atoms with van der Waals surface area (Å²) in [5, 5.41) is 3.43. The number of aliphatic imine (C=N–C) groups is 1. The first-order valence-corrected chi connectivity index (χ1v) is 6.23. The molecule has 92 valence electrons. The summed E-state index contributed by atoms with van der Waals surface area (Å²) >= 11 is 0. The second kappa shape index (κ2) is 6.40. The Hall–Kier alpha value is -1.35. The molecule has 3 nitrogen and oxygen atoms in total. The van der Waals surface area contributed by atoms with E-state index < -0.39 is 0 Å². The lowest BCUT2D eigenvalue weighted by Crippen LogP contribution is -2.25. The lowest BCUT2D eigenvalue weighted by molar-refractivity contribution is 0.184. The van der Waals surface area contributed by atoms with Gasteiger partial charge in [0.05, 0.1) is 12.4 Å². The zero-order chi connectivity index (χ0) is 11.9. The smallest absolute Gasteiger partial charge is 0.0965 e. The fraction of sp³-hybridized carbons (Fsp3) is 0.500. The number of rotatable bonds is 4. The van der Waals surface area contributed by atoms with E-state index >= 15 is 0 Å². The maximum atomic E-state index is 5.20. The molecule has 2 rings (SSSR count). The first-order chi connectivity index (χ1) is 8.40. The number of amidine groups is 1. The molecule has 0 saturated heterocycles. The van der Waals surface area contributed by atoms with Crippen LogP contribution >= 0.6 is 0 Å². The van der Waals surface area contributed by atoms with Crippen LogP contribution in [0.3, 0.4) is 0 Å². The zero-order valence-electron chi connectivity index (χ0n) is 10.4. The predicted octanol–water partition coefficient (Wildman–Crippen LogP) is 2.51. The Morgan fingerprint density at radius 2 is 2.06 bits per heavy atom. The molecule has 1 aliphatic rings. The fourth-order valence-electron chi connectivity index (χ4n) is 2.07. The number of hydrogen-bond donors (Lipinski definition) is 1. The van der Waals surface area contributed by atoms with Crippen molar-refractivity contribution in [3.8, 4) is 0 Å². The van der Waals surface area contributed by atoms with E-state index in [9.17, 15) is 0 Å². The van der Waals surface area contributed by atoms with Crippen molar-refractivity contribution < 1.29 is 4.74 Å². The first kappa shape index (κ1) is 12.1. The van der Waals surface area contributed by atoms with Gasteiger partial charge in [0.25, 0.3) is 0 Å². The van der Waals surface area contributed by atoms with Crippen molar-refractivity contribution in [3.05, 3.63) is 35.4 Å². The molecular formula is C14H20N2O. The standard InChI is InChI=1S/C14H20N2O/c1-17-11-13-7-3-2-6-12(13)10-16-14-8-4-5-9-15-14/h2-3,6-7H,4-5,8-11H2,1H3,(H,15,16). The van der Waals surface area contributed by atoms with Crippen molar-refractivity contribution in [1.29, 1.82) is 0 Å². The highest BCUT2D eigenvalue weighted by atomic mass is 16.5. The van der Waals surface area contributed by atoms with Crippen molar-refractivity contribution >= 4 is 5.84 Å². The maximum absolute atomic E-state index is 5.20. The number of hydrogen-bond acceptors (Lipinski definition) is 3. The molecule has 1 N–H and O–H groups in total. The summed E-state index contributed by atoms with van der Waals surface area (Å²) in [6.07, 6.45) is 3.57. The summed E-state index contributed by atoms with van der Waals surface area (Å²) in [4.78, 5) is 4.49. The highest BCUT2D eigenvalue weighted by Crippen LogP contribution is 2.10. The molecule has 0 aliphatic carbocycles. The van der Waals surface area contributed by atoms with Crippen molar-refractivity contribution in [3.63, 3.8) is 0 Å². The van der Waals surface area contributed by atoms with Crippen LogP contribution in [0.25, 0.3) is 0 Å². The van der Waals surface area contributed by atoms with Crippen LogP contribution in [0.5, 0.6) is 0 Å². The summed E-state index contributed by atoms with van der Waals surface area (Å²) in [5.74, 6) is 1.16. The van der Waals surface area contributed by atoms with Gasteiger partial charge >= 0.3 is 0 Å². The molecule has 3 heteroatoms. The van der Waals surface area contributed by atoms with E-state index in [-0.39, 0.29) is 0 Å². The molecule has 0 bridgehead atoms. The van der Waals surface area contributed by atoms with Crippen LogP contribution in [-0.2, 0) is 17.9 Å². The van der Waals surface area contributed by atoms with E-state index in [0.29, 0.717) is 6.61 Å². The van der Waals surface area contributed by atoms with Crippen LogP contribution in [0.2, 0.25) is 0 Å². The largest absolute Gasteiger partial charge is 0.380 e. The van der Waals surface area contributed by atoms with Crippen molar-refractivity contribution in [1.82, 2.24) is 5.32 Å². The second-order valence-electron chi connectivity index (χ2n) is 4.34. The molecule has 0 spiro atoms. The van der Waals surface area contributed by atoms with Gasteiger partial charge in [0.2, 0.25) is 0 Å². The van der Waals surface area contributed by atoms with Gasteiger partial charge in [-0.1, -0.05) is 24.3 Å². The van der Waals surface area contributed by atoms with Gasteiger partial charge in [-0.3, -0.25) is 4.99 Å². The quantitative estimate of drug-likeness (QED) is 0.865. The molecule has 0 saturated carbocycles. The third-order valence-corrected chi connectivity index (χ3v) is 3.03. The summed E-state index contributed by atoms with van der Waals surface area (Å²) in [6.45, 7) is 2.49. The average molecular weight is 232 g/mol. The first-order valence-electron chi connectivity index (χ1n) is 6.23. The normalized spacial score (nSPS) is 15.5. The minimum absolute atomic E-state index is 0.671. The van der Waals surface area contributed by atoms with Crippen molar-refractivity contribution in [2.45, 2.75) is 32.4 Å². The second-order valence-corrected chi connectivity index (χ2v) is 4.34. The van der Waals surface area contributed by atoms with Gasteiger partial charge in [0, 0.05) is 26.6 Å². The molecule has 0 radical (unpaired) electrons. The summed E-state index contributed by atoms with van der Waals surface area (Å²) < 4.78 is 5.20. The monoisotopic (exact) mass is 232 g/mol. The topological polar surface area (TPSA) is 33.6 Å². The Balaban J connectivity index is 1.95. The Bertz CT molecular complexity index is 388. The average Bonchev–Trinajstić information content (AvgIpc) is 2.39. The van der Waals surface area contributed by atoms with Crippen LogP contribution in [0.15, 0.2) is 29.3 Å². The zero-order valence-corrected chi connectivity index (χ0v) is 10.4. The van der Waals surface area contributed by atoms with Gasteiger partial charge in [0.15, 0.2) is 0 Å². The fourth-order valence-corrected chi connectivity index (χ4v) is 2.07. The molecule has 0 atom stereocenters. The van der Waals surface area contributed by atoms with E-state index in [2.05, 4.69) is 34.6 Å². The predicted molar refractivity (Wildman–Crippen MR) is 70.1 cm³/mol. The third-order valence-electron chi connectivity index (χ3n) is 3.03. The van der Waals surface area contributed by atoms with E-state index in [1.807, 2.05) is 0 Å². The van der Waals surface area contributed by atoms with Gasteiger partial charge in [-0.2, -0.15) is 0 Å². The van der Waals surface area contributed by atoms with Gasteiger partial charge < -0.3 is 10.1 Å². The van der Waals surface area contributed by atoms with Crippen LogP contribution < -0.4 is 5.32 Å². The molecule has 1 aromatic rings. The van der Waals surface area contributed by atoms with Gasteiger partial charge in [-0.15, -0.1) is 0 Å². The van der Waals surface area contributed by atoms with Crippen LogP contribution in [0, 0.1) is 0 Å². The molecular weight excluding hydrogens is 212 g/mol. The molecule has 17 heavy (non-hydrogen) atoms. The van der Waals surface area contributed by atoms with Crippen LogP contribution in [0.1, 0.15) is 30.4 Å². The van der Waals surface area contributed by atoms with Gasteiger partial charge in [0.1, 0.15) is 0 Å². The van der Waals surface area contributed by atoms with Gasteiger partial charge in [-0.05, 0) is 24.0 Å². The Morgan fingerprint density at radius 3 is 2.76 bits per heavy atom. The number of benzene rings is 1. The highest BCUT2D eigenvalue weighted by Gasteiger charge is 2.06. The highest BCUT2D eigenvalue weighted by molar-refractivity contribution is 5.82.